The van der Waals surface area contributed by atoms with Gasteiger partial charge in [0.05, 0.1) is 10.5 Å². The van der Waals surface area contributed by atoms with Crippen molar-refractivity contribution in [1.82, 2.24) is 9.88 Å². The molecular weight excluding hydrogens is 348 g/mol. The number of nitrogens with one attached hydrogen (secondary N) is 2. The first-order valence-electron chi connectivity index (χ1n) is 8.72. The Hall–Kier alpha value is -2.50. The van der Waals surface area contributed by atoms with E-state index >= 15 is 0 Å². The second-order valence-electron chi connectivity index (χ2n) is 6.68. The predicted octanol–water partition coefficient (Wildman–Crippen LogP) is 3.83. The van der Waals surface area contributed by atoms with Crippen LogP contribution in [0.25, 0.3) is 10.9 Å². The minimum atomic E-state index is -0.176. The maximum atomic E-state index is 12.5. The summed E-state index contributed by atoms with van der Waals surface area (Å²) >= 11 is 6.16. The van der Waals surface area contributed by atoms with Gasteiger partial charge < -0.3 is 20.1 Å². The van der Waals surface area contributed by atoms with Gasteiger partial charge in [0.2, 0.25) is 0 Å². The first-order chi connectivity index (χ1) is 12.6. The number of piperazine rings is 1. The van der Waals surface area contributed by atoms with Crippen LogP contribution in [0.2, 0.25) is 5.02 Å². The number of nitrogens with zero attached hydrogens (tertiary/aromatic N) is 2. The molecule has 1 aliphatic heterocycles. The highest BCUT2D eigenvalue weighted by Crippen LogP contribution is 2.24. The molecule has 4 rings (SSSR count). The number of aromatic amines is 1. The number of hydrogen-bond acceptors (Lipinski definition) is 3. The summed E-state index contributed by atoms with van der Waals surface area (Å²) in [5, 5.41) is 4.47. The largest absolute Gasteiger partial charge is 0.369 e. The summed E-state index contributed by atoms with van der Waals surface area (Å²) < 4.78 is 0. The number of H-pyrrole nitrogens is 1. The van der Waals surface area contributed by atoms with E-state index in [1.165, 1.54) is 5.69 Å². The molecule has 5 nitrogen and oxygen atoms in total. The number of carbonyl (C=O) groups is 1. The second kappa shape index (κ2) is 7.02. The lowest BCUT2D eigenvalue weighted by atomic mass is 10.2. The zero-order valence-electron chi connectivity index (χ0n) is 14.6. The van der Waals surface area contributed by atoms with Gasteiger partial charge in [-0.15, -0.1) is 0 Å². The van der Waals surface area contributed by atoms with E-state index in [4.69, 9.17) is 11.6 Å². The zero-order valence-corrected chi connectivity index (χ0v) is 15.4. The second-order valence-corrected chi connectivity index (χ2v) is 7.09. The van der Waals surface area contributed by atoms with Crippen LogP contribution >= 0.6 is 11.6 Å². The van der Waals surface area contributed by atoms with Crippen molar-refractivity contribution in [2.75, 3.05) is 43.4 Å². The molecule has 0 saturated carbocycles. The van der Waals surface area contributed by atoms with Gasteiger partial charge in [-0.1, -0.05) is 23.7 Å². The van der Waals surface area contributed by atoms with Crippen molar-refractivity contribution < 1.29 is 4.79 Å². The molecule has 2 N–H and O–H groups in total. The van der Waals surface area contributed by atoms with Gasteiger partial charge in [0.15, 0.2) is 0 Å². The average Bonchev–Trinajstić information content (AvgIpc) is 3.09. The number of rotatable bonds is 3. The molecule has 3 aromatic rings. The molecule has 1 aliphatic rings. The molecule has 0 radical (unpaired) electrons. The first-order valence-corrected chi connectivity index (χ1v) is 9.10. The van der Waals surface area contributed by atoms with Gasteiger partial charge in [0.25, 0.3) is 5.91 Å². The molecule has 2 heterocycles. The fraction of sp³-hybridized carbons (Fsp3) is 0.250. The Labute approximate surface area is 157 Å². The Morgan fingerprint density at radius 1 is 1.08 bits per heavy atom. The van der Waals surface area contributed by atoms with Crippen LogP contribution < -0.4 is 10.2 Å². The van der Waals surface area contributed by atoms with Gasteiger partial charge in [-0.2, -0.15) is 0 Å². The lowest BCUT2D eigenvalue weighted by molar-refractivity contribution is 0.102. The van der Waals surface area contributed by atoms with Crippen molar-refractivity contribution in [1.29, 1.82) is 0 Å². The van der Waals surface area contributed by atoms with Crippen molar-refractivity contribution in [2.45, 2.75) is 0 Å². The Kier molecular flexibility index (Phi) is 4.57. The number of aromatic nitrogens is 1. The molecule has 1 amide bonds. The lowest BCUT2D eigenvalue weighted by Crippen LogP contribution is -2.44. The first kappa shape index (κ1) is 16.9. The monoisotopic (exact) mass is 368 g/mol. The van der Waals surface area contributed by atoms with Crippen LogP contribution in [0.1, 0.15) is 10.5 Å². The topological polar surface area (TPSA) is 51.4 Å². The van der Waals surface area contributed by atoms with Crippen molar-refractivity contribution in [3.05, 3.63) is 59.2 Å². The number of likely N-dealkylation sites (N-methyl/N-ethyl adjacent to an activating group) is 1. The molecule has 0 atom stereocenters. The summed E-state index contributed by atoms with van der Waals surface area (Å²) in [6, 6.07) is 15.4. The Morgan fingerprint density at radius 2 is 1.81 bits per heavy atom. The van der Waals surface area contributed by atoms with E-state index in [9.17, 15) is 4.79 Å². The van der Waals surface area contributed by atoms with Gasteiger partial charge in [0.1, 0.15) is 5.69 Å². The number of halogens is 1. The van der Waals surface area contributed by atoms with E-state index in [1.54, 1.807) is 6.07 Å². The highest BCUT2D eigenvalue weighted by atomic mass is 35.5. The number of amides is 1. The Balaban J connectivity index is 1.46. The van der Waals surface area contributed by atoms with E-state index < -0.39 is 0 Å². The van der Waals surface area contributed by atoms with Crippen LogP contribution in [0, 0.1) is 0 Å². The third-order valence-electron chi connectivity index (χ3n) is 4.84. The molecule has 26 heavy (non-hydrogen) atoms. The minimum Gasteiger partial charge on any atom is -0.369 e. The normalized spacial score (nSPS) is 15.4. The summed E-state index contributed by atoms with van der Waals surface area (Å²) in [5.41, 5.74) is 3.24. The maximum Gasteiger partial charge on any atom is 0.272 e. The van der Waals surface area contributed by atoms with Crippen molar-refractivity contribution in [3.8, 4) is 0 Å². The van der Waals surface area contributed by atoms with E-state index in [-0.39, 0.29) is 5.91 Å². The summed E-state index contributed by atoms with van der Waals surface area (Å²) in [7, 11) is 2.15. The van der Waals surface area contributed by atoms with Crippen LogP contribution in [0.15, 0.2) is 48.5 Å². The summed E-state index contributed by atoms with van der Waals surface area (Å²) in [4.78, 5) is 20.3. The molecule has 1 saturated heterocycles. The van der Waals surface area contributed by atoms with Gasteiger partial charge in [-0.25, -0.2) is 0 Å². The van der Waals surface area contributed by atoms with Crippen LogP contribution in [0.4, 0.5) is 11.4 Å². The van der Waals surface area contributed by atoms with E-state index in [0.717, 1.165) is 42.8 Å². The molecule has 0 bridgehead atoms. The van der Waals surface area contributed by atoms with E-state index in [1.807, 2.05) is 30.3 Å². The van der Waals surface area contributed by atoms with Crippen molar-refractivity contribution >= 4 is 39.8 Å². The maximum absolute atomic E-state index is 12.5. The summed E-state index contributed by atoms with van der Waals surface area (Å²) in [6.07, 6.45) is 0. The highest BCUT2D eigenvalue weighted by molar-refractivity contribution is 6.35. The SMILES string of the molecule is CN1CCN(c2ccc(NC(=O)c3cc4cccc(Cl)c4[nH]3)cc2)CC1. The average molecular weight is 369 g/mol. The molecule has 134 valence electrons. The number of hydrogen-bond donors (Lipinski definition) is 2. The number of benzene rings is 2. The number of anilines is 2. The van der Waals surface area contributed by atoms with E-state index in [2.05, 4.69) is 39.3 Å². The van der Waals surface area contributed by atoms with Crippen LogP contribution in [-0.4, -0.2) is 49.0 Å². The number of carbonyl (C=O) groups excluding carboxylic acids is 1. The predicted molar refractivity (Wildman–Crippen MR) is 107 cm³/mol. The molecule has 6 heteroatoms. The standard InChI is InChI=1S/C20H21ClN4O/c1-24-9-11-25(12-10-24)16-7-5-15(6-8-16)22-20(26)18-13-14-3-2-4-17(21)19(14)23-18/h2-8,13,23H,9-12H2,1H3,(H,22,26). The number of para-hydroxylation sites is 1. The lowest BCUT2D eigenvalue weighted by Gasteiger charge is -2.34. The molecule has 2 aromatic carbocycles. The van der Waals surface area contributed by atoms with Gasteiger partial charge >= 0.3 is 0 Å². The van der Waals surface area contributed by atoms with Crippen LogP contribution in [-0.2, 0) is 0 Å². The van der Waals surface area contributed by atoms with Crippen LogP contribution in [0.5, 0.6) is 0 Å². The van der Waals surface area contributed by atoms with Gasteiger partial charge in [-0.05, 0) is 43.4 Å². The zero-order chi connectivity index (χ0) is 18.1. The molecule has 1 aromatic heterocycles. The summed E-state index contributed by atoms with van der Waals surface area (Å²) in [5.74, 6) is -0.176. The van der Waals surface area contributed by atoms with Crippen molar-refractivity contribution in [3.63, 3.8) is 0 Å². The van der Waals surface area contributed by atoms with E-state index in [0.29, 0.717) is 10.7 Å². The molecular formula is C20H21ClN4O. The fourth-order valence-corrected chi connectivity index (χ4v) is 3.49. The fourth-order valence-electron chi connectivity index (χ4n) is 3.26. The third kappa shape index (κ3) is 3.41. The third-order valence-corrected chi connectivity index (χ3v) is 5.16. The quantitative estimate of drug-likeness (QED) is 0.738. The molecule has 0 unspecified atom stereocenters. The smallest absolute Gasteiger partial charge is 0.272 e. The van der Waals surface area contributed by atoms with Gasteiger partial charge in [0, 0.05) is 42.9 Å². The molecule has 0 aliphatic carbocycles. The number of fused-ring (bicyclic) bond motifs is 1. The highest BCUT2D eigenvalue weighted by Gasteiger charge is 2.15. The van der Waals surface area contributed by atoms with Gasteiger partial charge in [-0.3, -0.25) is 4.79 Å². The minimum absolute atomic E-state index is 0.176. The summed E-state index contributed by atoms with van der Waals surface area (Å²) in [6.45, 7) is 4.19. The van der Waals surface area contributed by atoms with Crippen molar-refractivity contribution in [2.24, 2.45) is 0 Å². The Morgan fingerprint density at radius 3 is 2.50 bits per heavy atom. The molecule has 0 spiro atoms. The molecule has 1 fully saturated rings. The van der Waals surface area contributed by atoms with Crippen LogP contribution in [0.3, 0.4) is 0 Å². The Bertz CT molecular complexity index is 927.